The van der Waals surface area contributed by atoms with Crippen LogP contribution in [0.5, 0.6) is 5.75 Å². The fraction of sp³-hybridized carbons (Fsp3) is 0.130. The zero-order valence-electron chi connectivity index (χ0n) is 17.3. The fourth-order valence-electron chi connectivity index (χ4n) is 2.88. The van der Waals surface area contributed by atoms with Crippen LogP contribution in [0.2, 0.25) is 0 Å². The summed E-state index contributed by atoms with van der Waals surface area (Å²) in [5.74, 6) is -1.23. The van der Waals surface area contributed by atoms with Crippen LogP contribution in [-0.2, 0) is 21.4 Å². The molecule has 3 aromatic carbocycles. The van der Waals surface area contributed by atoms with E-state index in [0.29, 0.717) is 5.56 Å². The molecule has 0 saturated heterocycles. The highest BCUT2D eigenvalue weighted by Crippen LogP contribution is 2.20. The molecule has 7 nitrogen and oxygen atoms in total. The van der Waals surface area contributed by atoms with Gasteiger partial charge in [0.15, 0.2) is 0 Å². The van der Waals surface area contributed by atoms with Crippen LogP contribution in [0.15, 0.2) is 82.8 Å². The topological polar surface area (TPSA) is 99.1 Å². The van der Waals surface area contributed by atoms with Crippen LogP contribution in [0.1, 0.15) is 16.7 Å². The van der Waals surface area contributed by atoms with Crippen molar-refractivity contribution in [1.29, 1.82) is 0 Å². The SMILES string of the molecule is Cc1ccc(S(=O)(=O)N(CC(=O)N/N=C\c2cccc(O)c2)Cc2ccccc2F)cc1. The molecule has 0 heterocycles. The van der Waals surface area contributed by atoms with Gasteiger partial charge in [-0.2, -0.15) is 9.41 Å². The van der Waals surface area contributed by atoms with Crippen molar-refractivity contribution < 1.29 is 22.7 Å². The summed E-state index contributed by atoms with van der Waals surface area (Å²) in [5.41, 5.74) is 3.82. The molecule has 0 aliphatic carbocycles. The number of phenols is 1. The fourth-order valence-corrected chi connectivity index (χ4v) is 4.26. The van der Waals surface area contributed by atoms with Crippen molar-refractivity contribution in [2.45, 2.75) is 18.4 Å². The Morgan fingerprint density at radius 3 is 2.50 bits per heavy atom. The molecule has 9 heteroatoms. The predicted molar refractivity (Wildman–Crippen MR) is 119 cm³/mol. The Kier molecular flexibility index (Phi) is 7.34. The van der Waals surface area contributed by atoms with Crippen molar-refractivity contribution in [3.63, 3.8) is 0 Å². The molecule has 0 aromatic heterocycles. The molecule has 0 aliphatic rings. The largest absolute Gasteiger partial charge is 0.508 e. The van der Waals surface area contributed by atoms with Crippen LogP contribution in [0, 0.1) is 12.7 Å². The summed E-state index contributed by atoms with van der Waals surface area (Å²) >= 11 is 0. The molecule has 3 aromatic rings. The molecule has 0 atom stereocenters. The number of sulfonamides is 1. The predicted octanol–water partition coefficient (Wildman–Crippen LogP) is 3.18. The third-order valence-corrected chi connectivity index (χ3v) is 6.36. The van der Waals surface area contributed by atoms with E-state index in [0.717, 1.165) is 9.87 Å². The number of carbonyl (C=O) groups excluding carboxylic acids is 1. The average Bonchev–Trinajstić information content (AvgIpc) is 2.75. The molecule has 3 rings (SSSR count). The number of hydrogen-bond acceptors (Lipinski definition) is 5. The highest BCUT2D eigenvalue weighted by Gasteiger charge is 2.27. The van der Waals surface area contributed by atoms with Crippen molar-refractivity contribution >= 4 is 22.1 Å². The van der Waals surface area contributed by atoms with Gasteiger partial charge in [0.1, 0.15) is 11.6 Å². The standard InChI is InChI=1S/C23H22FN3O4S/c1-17-9-11-21(12-10-17)32(30,31)27(15-19-6-2-3-8-22(19)24)16-23(29)26-25-14-18-5-4-7-20(28)13-18/h2-14,28H,15-16H2,1H3,(H,26,29)/b25-14-. The lowest BCUT2D eigenvalue weighted by molar-refractivity contribution is -0.121. The van der Waals surface area contributed by atoms with Crippen LogP contribution in [-0.4, -0.2) is 36.5 Å². The Morgan fingerprint density at radius 1 is 1.09 bits per heavy atom. The highest BCUT2D eigenvalue weighted by atomic mass is 32.2. The van der Waals surface area contributed by atoms with Crippen molar-refractivity contribution in [2.75, 3.05) is 6.54 Å². The minimum Gasteiger partial charge on any atom is -0.508 e. The molecule has 0 unspecified atom stereocenters. The van der Waals surface area contributed by atoms with Crippen molar-refractivity contribution in [2.24, 2.45) is 5.10 Å². The Balaban J connectivity index is 1.81. The van der Waals surface area contributed by atoms with E-state index < -0.39 is 28.3 Å². The second kappa shape index (κ2) is 10.2. The quantitative estimate of drug-likeness (QED) is 0.403. The zero-order chi connectivity index (χ0) is 23.1. The van der Waals surface area contributed by atoms with E-state index in [1.54, 1.807) is 30.3 Å². The third-order valence-electron chi connectivity index (χ3n) is 4.56. The normalized spacial score (nSPS) is 11.7. The van der Waals surface area contributed by atoms with E-state index in [9.17, 15) is 22.7 Å². The molecule has 0 saturated carbocycles. The van der Waals surface area contributed by atoms with Gasteiger partial charge in [-0.05, 0) is 42.8 Å². The van der Waals surface area contributed by atoms with Crippen molar-refractivity contribution in [3.05, 3.63) is 95.3 Å². The molecular formula is C23H22FN3O4S. The number of nitrogens with zero attached hydrogens (tertiary/aromatic N) is 2. The number of hydrogen-bond donors (Lipinski definition) is 2. The van der Waals surface area contributed by atoms with Gasteiger partial charge in [0, 0.05) is 12.1 Å². The van der Waals surface area contributed by atoms with Crippen LogP contribution >= 0.6 is 0 Å². The maximum atomic E-state index is 14.2. The minimum absolute atomic E-state index is 0.00417. The van der Waals surface area contributed by atoms with Gasteiger partial charge in [0.25, 0.3) is 5.91 Å². The molecule has 32 heavy (non-hydrogen) atoms. The average molecular weight is 456 g/mol. The van der Waals surface area contributed by atoms with Gasteiger partial charge in [0.2, 0.25) is 10.0 Å². The smallest absolute Gasteiger partial charge is 0.255 e. The number of hydrazone groups is 1. The minimum atomic E-state index is -4.09. The number of rotatable bonds is 8. The summed E-state index contributed by atoms with van der Waals surface area (Å²) in [6, 6.07) is 18.2. The highest BCUT2D eigenvalue weighted by molar-refractivity contribution is 7.89. The molecule has 166 valence electrons. The van der Waals surface area contributed by atoms with Gasteiger partial charge >= 0.3 is 0 Å². The molecule has 1 amide bonds. The summed E-state index contributed by atoms with van der Waals surface area (Å²) < 4.78 is 41.5. The van der Waals surface area contributed by atoms with E-state index >= 15 is 0 Å². The number of phenolic OH excluding ortho intramolecular Hbond substituents is 1. The molecule has 2 N–H and O–H groups in total. The molecule has 0 fully saturated rings. The second-order valence-electron chi connectivity index (χ2n) is 7.07. The summed E-state index contributed by atoms with van der Waals surface area (Å²) in [4.78, 5) is 12.4. The van der Waals surface area contributed by atoms with E-state index in [4.69, 9.17) is 0 Å². The lowest BCUT2D eigenvalue weighted by atomic mass is 10.2. The number of aryl methyl sites for hydroxylation is 1. The third kappa shape index (κ3) is 5.99. The van der Waals surface area contributed by atoms with Gasteiger partial charge in [-0.1, -0.05) is 48.0 Å². The molecule has 0 bridgehead atoms. The summed E-state index contributed by atoms with van der Waals surface area (Å²) in [6.07, 6.45) is 1.31. The van der Waals surface area contributed by atoms with Crippen LogP contribution < -0.4 is 5.43 Å². The summed E-state index contributed by atoms with van der Waals surface area (Å²) in [6.45, 7) is 0.930. The number of nitrogens with one attached hydrogen (secondary N) is 1. The number of amides is 1. The first-order valence-corrected chi connectivity index (χ1v) is 11.1. The van der Waals surface area contributed by atoms with E-state index in [1.165, 1.54) is 48.7 Å². The Labute approximate surface area is 185 Å². The van der Waals surface area contributed by atoms with Gasteiger partial charge in [-0.15, -0.1) is 0 Å². The number of benzene rings is 3. The van der Waals surface area contributed by atoms with Gasteiger partial charge < -0.3 is 5.11 Å². The second-order valence-corrected chi connectivity index (χ2v) is 9.00. The lowest BCUT2D eigenvalue weighted by Gasteiger charge is -2.22. The number of carbonyl (C=O) groups is 1. The lowest BCUT2D eigenvalue weighted by Crippen LogP contribution is -2.39. The van der Waals surface area contributed by atoms with E-state index in [1.807, 2.05) is 6.92 Å². The summed E-state index contributed by atoms with van der Waals surface area (Å²) in [5, 5.41) is 13.3. The van der Waals surface area contributed by atoms with Crippen LogP contribution in [0.4, 0.5) is 4.39 Å². The van der Waals surface area contributed by atoms with Gasteiger partial charge in [-0.25, -0.2) is 18.2 Å². The molecule has 0 aliphatic heterocycles. The Hall–Kier alpha value is -3.56. The van der Waals surface area contributed by atoms with Crippen molar-refractivity contribution in [3.8, 4) is 5.75 Å². The Bertz CT molecular complexity index is 1230. The monoisotopic (exact) mass is 455 g/mol. The molecule has 0 spiro atoms. The maximum Gasteiger partial charge on any atom is 0.255 e. The van der Waals surface area contributed by atoms with Gasteiger partial charge in [0.05, 0.1) is 17.7 Å². The Morgan fingerprint density at radius 2 is 1.81 bits per heavy atom. The number of aromatic hydroxyl groups is 1. The maximum absolute atomic E-state index is 14.2. The van der Waals surface area contributed by atoms with E-state index in [-0.39, 0.29) is 22.8 Å². The first-order valence-electron chi connectivity index (χ1n) is 9.67. The summed E-state index contributed by atoms with van der Waals surface area (Å²) in [7, 11) is -4.09. The van der Waals surface area contributed by atoms with Crippen molar-refractivity contribution in [1.82, 2.24) is 9.73 Å². The first kappa shape index (κ1) is 23.1. The number of halogens is 1. The molecular weight excluding hydrogens is 433 g/mol. The zero-order valence-corrected chi connectivity index (χ0v) is 18.1. The van der Waals surface area contributed by atoms with E-state index in [2.05, 4.69) is 10.5 Å². The first-order chi connectivity index (χ1) is 15.3. The molecule has 0 radical (unpaired) electrons. The van der Waals surface area contributed by atoms with Crippen LogP contribution in [0.25, 0.3) is 0 Å². The van der Waals surface area contributed by atoms with Gasteiger partial charge in [-0.3, -0.25) is 4.79 Å². The van der Waals surface area contributed by atoms with Crippen LogP contribution in [0.3, 0.4) is 0 Å².